The zero-order valence-electron chi connectivity index (χ0n) is 16.2. The van der Waals surface area contributed by atoms with Crippen molar-refractivity contribution in [3.63, 3.8) is 0 Å². The molecule has 2 amide bonds. The maximum absolute atomic E-state index is 13.0. The largest absolute Gasteiger partial charge is 0.369 e. The molecule has 2 aromatic rings. The van der Waals surface area contributed by atoms with Crippen molar-refractivity contribution in [3.8, 4) is 0 Å². The molecule has 0 aromatic heterocycles. The standard InChI is InChI=1S/C22H24ClN3O2/c1-15-5-3-8-19(16(15)2)24-9-11-25(12-10-24)20-14-21(27)26(22(20)28)18-7-4-6-17(23)13-18/h3-8,13,20H,9-12,14H2,1-2H3/t20-/m0/s1. The van der Waals surface area contributed by atoms with Crippen LogP contribution >= 0.6 is 11.6 Å². The van der Waals surface area contributed by atoms with Crippen molar-refractivity contribution in [3.05, 3.63) is 58.6 Å². The summed E-state index contributed by atoms with van der Waals surface area (Å²) in [6.07, 6.45) is 0.231. The molecule has 0 bridgehead atoms. The minimum Gasteiger partial charge on any atom is -0.369 e. The van der Waals surface area contributed by atoms with Crippen molar-refractivity contribution in [2.45, 2.75) is 26.3 Å². The van der Waals surface area contributed by atoms with Crippen LogP contribution in [0, 0.1) is 13.8 Å². The Kier molecular flexibility index (Phi) is 5.13. The summed E-state index contributed by atoms with van der Waals surface area (Å²) >= 11 is 6.04. The molecular weight excluding hydrogens is 374 g/mol. The summed E-state index contributed by atoms with van der Waals surface area (Å²) in [5.41, 5.74) is 4.40. The van der Waals surface area contributed by atoms with Gasteiger partial charge in [0.25, 0.3) is 5.91 Å². The summed E-state index contributed by atoms with van der Waals surface area (Å²) in [5.74, 6) is -0.304. The summed E-state index contributed by atoms with van der Waals surface area (Å²) < 4.78 is 0. The molecule has 2 aliphatic rings. The number of amides is 2. The lowest BCUT2D eigenvalue weighted by atomic mass is 10.1. The number of nitrogens with zero attached hydrogens (tertiary/aromatic N) is 3. The van der Waals surface area contributed by atoms with E-state index in [1.807, 2.05) is 0 Å². The van der Waals surface area contributed by atoms with Gasteiger partial charge in [-0.1, -0.05) is 29.8 Å². The van der Waals surface area contributed by atoms with E-state index in [4.69, 9.17) is 11.6 Å². The maximum atomic E-state index is 13.0. The number of halogens is 1. The van der Waals surface area contributed by atoms with Crippen LogP contribution in [-0.2, 0) is 9.59 Å². The number of rotatable bonds is 3. The summed E-state index contributed by atoms with van der Waals surface area (Å²) in [4.78, 5) is 31.3. The first-order valence-electron chi connectivity index (χ1n) is 9.63. The minimum atomic E-state index is -0.382. The number of anilines is 2. The topological polar surface area (TPSA) is 43.9 Å². The highest BCUT2D eigenvalue weighted by Crippen LogP contribution is 2.29. The van der Waals surface area contributed by atoms with Crippen LogP contribution in [0.25, 0.3) is 0 Å². The SMILES string of the molecule is Cc1cccc(N2CCN([C@H]3CC(=O)N(c4cccc(Cl)c4)C3=O)CC2)c1C. The number of carbonyl (C=O) groups is 2. The Labute approximate surface area is 170 Å². The lowest BCUT2D eigenvalue weighted by Gasteiger charge is -2.38. The highest BCUT2D eigenvalue weighted by Gasteiger charge is 2.43. The van der Waals surface area contributed by atoms with Crippen molar-refractivity contribution >= 4 is 34.8 Å². The van der Waals surface area contributed by atoms with Crippen LogP contribution < -0.4 is 9.80 Å². The van der Waals surface area contributed by atoms with Crippen LogP contribution in [0.2, 0.25) is 5.02 Å². The first kappa shape index (κ1) is 19.0. The van der Waals surface area contributed by atoms with Gasteiger partial charge in [0.15, 0.2) is 0 Å². The van der Waals surface area contributed by atoms with Crippen LogP contribution in [0.5, 0.6) is 0 Å². The van der Waals surface area contributed by atoms with Crippen LogP contribution in [0.1, 0.15) is 17.5 Å². The molecule has 4 rings (SSSR count). The Morgan fingerprint density at radius 1 is 0.964 bits per heavy atom. The molecule has 2 fully saturated rings. The minimum absolute atomic E-state index is 0.146. The Morgan fingerprint density at radius 3 is 2.39 bits per heavy atom. The molecule has 2 heterocycles. The molecule has 5 nitrogen and oxygen atoms in total. The first-order chi connectivity index (χ1) is 13.5. The molecule has 0 N–H and O–H groups in total. The van der Waals surface area contributed by atoms with E-state index >= 15 is 0 Å². The number of carbonyl (C=O) groups excluding carboxylic acids is 2. The second-order valence-corrected chi connectivity index (χ2v) is 7.95. The highest BCUT2D eigenvalue weighted by atomic mass is 35.5. The average Bonchev–Trinajstić information content (AvgIpc) is 2.98. The summed E-state index contributed by atoms with van der Waals surface area (Å²) in [5, 5.41) is 0.517. The van der Waals surface area contributed by atoms with Crippen LogP contribution in [0.4, 0.5) is 11.4 Å². The summed E-state index contributed by atoms with van der Waals surface area (Å²) in [7, 11) is 0. The van der Waals surface area contributed by atoms with E-state index in [9.17, 15) is 9.59 Å². The molecule has 0 unspecified atom stereocenters. The predicted molar refractivity (Wildman–Crippen MR) is 112 cm³/mol. The number of benzene rings is 2. The van der Waals surface area contributed by atoms with Gasteiger partial charge in [0.2, 0.25) is 5.91 Å². The fourth-order valence-corrected chi connectivity index (χ4v) is 4.32. The third-order valence-corrected chi connectivity index (χ3v) is 6.10. The molecule has 0 radical (unpaired) electrons. The number of aryl methyl sites for hydroxylation is 1. The van der Waals surface area contributed by atoms with Crippen molar-refractivity contribution < 1.29 is 9.59 Å². The van der Waals surface area contributed by atoms with E-state index in [2.05, 4.69) is 41.8 Å². The molecule has 0 spiro atoms. The van der Waals surface area contributed by atoms with Crippen molar-refractivity contribution in [2.24, 2.45) is 0 Å². The van der Waals surface area contributed by atoms with Crippen LogP contribution in [-0.4, -0.2) is 48.9 Å². The molecule has 0 saturated carbocycles. The van der Waals surface area contributed by atoms with E-state index < -0.39 is 0 Å². The van der Waals surface area contributed by atoms with E-state index in [0.717, 1.165) is 26.2 Å². The molecule has 28 heavy (non-hydrogen) atoms. The van der Waals surface area contributed by atoms with Gasteiger partial charge in [0, 0.05) is 36.9 Å². The Balaban J connectivity index is 1.46. The third kappa shape index (κ3) is 3.40. The van der Waals surface area contributed by atoms with Gasteiger partial charge in [-0.25, -0.2) is 4.90 Å². The van der Waals surface area contributed by atoms with E-state index in [1.54, 1.807) is 24.3 Å². The quantitative estimate of drug-likeness (QED) is 0.744. The normalized spacial score (nSPS) is 20.9. The van der Waals surface area contributed by atoms with E-state index in [0.29, 0.717) is 10.7 Å². The van der Waals surface area contributed by atoms with Gasteiger partial charge in [-0.05, 0) is 49.2 Å². The summed E-state index contributed by atoms with van der Waals surface area (Å²) in [6.45, 7) is 7.50. The van der Waals surface area contributed by atoms with Gasteiger partial charge < -0.3 is 4.90 Å². The fraction of sp³-hybridized carbons (Fsp3) is 0.364. The van der Waals surface area contributed by atoms with Gasteiger partial charge in [-0.15, -0.1) is 0 Å². The van der Waals surface area contributed by atoms with Crippen molar-refractivity contribution in [2.75, 3.05) is 36.0 Å². The second-order valence-electron chi connectivity index (χ2n) is 7.51. The van der Waals surface area contributed by atoms with E-state index in [1.165, 1.54) is 21.7 Å². The zero-order valence-corrected chi connectivity index (χ0v) is 16.9. The molecule has 146 valence electrons. The lowest BCUT2D eigenvalue weighted by molar-refractivity contribution is -0.123. The Morgan fingerprint density at radius 2 is 1.68 bits per heavy atom. The molecule has 1 atom stereocenters. The van der Waals surface area contributed by atoms with Gasteiger partial charge in [-0.3, -0.25) is 14.5 Å². The fourth-order valence-electron chi connectivity index (χ4n) is 4.14. The van der Waals surface area contributed by atoms with Crippen molar-refractivity contribution in [1.82, 2.24) is 4.90 Å². The molecular formula is C22H24ClN3O2. The van der Waals surface area contributed by atoms with Gasteiger partial charge in [0.1, 0.15) is 0 Å². The second kappa shape index (κ2) is 7.57. The van der Waals surface area contributed by atoms with Gasteiger partial charge in [-0.2, -0.15) is 0 Å². The Hall–Kier alpha value is -2.37. The zero-order chi connectivity index (χ0) is 19.8. The average molecular weight is 398 g/mol. The van der Waals surface area contributed by atoms with Crippen molar-refractivity contribution in [1.29, 1.82) is 0 Å². The maximum Gasteiger partial charge on any atom is 0.251 e. The van der Waals surface area contributed by atoms with Gasteiger partial charge >= 0.3 is 0 Å². The molecule has 2 aromatic carbocycles. The van der Waals surface area contributed by atoms with Crippen LogP contribution in [0.3, 0.4) is 0 Å². The van der Waals surface area contributed by atoms with Gasteiger partial charge in [0.05, 0.1) is 18.2 Å². The third-order valence-electron chi connectivity index (χ3n) is 5.86. The first-order valence-corrected chi connectivity index (χ1v) is 10.0. The highest BCUT2D eigenvalue weighted by molar-refractivity contribution is 6.31. The number of imide groups is 1. The molecule has 6 heteroatoms. The van der Waals surface area contributed by atoms with Crippen LogP contribution in [0.15, 0.2) is 42.5 Å². The monoisotopic (exact) mass is 397 g/mol. The molecule has 2 aliphatic heterocycles. The molecule has 2 saturated heterocycles. The Bertz CT molecular complexity index is 922. The predicted octanol–water partition coefficient (Wildman–Crippen LogP) is 3.41. The number of hydrogen-bond donors (Lipinski definition) is 0. The number of piperazine rings is 1. The number of hydrogen-bond acceptors (Lipinski definition) is 4. The summed E-state index contributed by atoms with van der Waals surface area (Å²) in [6, 6.07) is 12.9. The lowest BCUT2D eigenvalue weighted by Crippen LogP contribution is -2.52. The van der Waals surface area contributed by atoms with E-state index in [-0.39, 0.29) is 24.3 Å². The smallest absolute Gasteiger partial charge is 0.251 e. The molecule has 0 aliphatic carbocycles.